The van der Waals surface area contributed by atoms with Gasteiger partial charge in [-0.3, -0.25) is 0 Å². The number of nitrogens with one attached hydrogen (secondary N) is 1. The predicted molar refractivity (Wildman–Crippen MR) is 69.5 cm³/mol. The summed E-state index contributed by atoms with van der Waals surface area (Å²) < 4.78 is 5.11. The molecule has 106 valence electrons. The largest absolute Gasteiger partial charge is 0.480 e. The molecule has 18 heavy (non-hydrogen) atoms. The van der Waals surface area contributed by atoms with Gasteiger partial charge in [-0.05, 0) is 33.6 Å². The van der Waals surface area contributed by atoms with Gasteiger partial charge in [-0.15, -0.1) is 0 Å². The van der Waals surface area contributed by atoms with Crippen LogP contribution in [0.1, 0.15) is 54.4 Å². The molecule has 0 saturated heterocycles. The van der Waals surface area contributed by atoms with Crippen molar-refractivity contribution in [3.05, 3.63) is 0 Å². The van der Waals surface area contributed by atoms with Gasteiger partial charge in [-0.25, -0.2) is 9.59 Å². The highest BCUT2D eigenvalue weighted by Gasteiger charge is 2.42. The van der Waals surface area contributed by atoms with Crippen molar-refractivity contribution in [3.8, 4) is 0 Å². The molecular weight excluding hydrogens is 234 g/mol. The summed E-state index contributed by atoms with van der Waals surface area (Å²) in [4.78, 5) is 23.1. The van der Waals surface area contributed by atoms with E-state index in [1.54, 1.807) is 20.8 Å². The third kappa shape index (κ3) is 4.55. The van der Waals surface area contributed by atoms with E-state index in [0.717, 1.165) is 0 Å². The molecule has 0 aromatic heterocycles. The van der Waals surface area contributed by atoms with Gasteiger partial charge in [0.2, 0.25) is 0 Å². The fourth-order valence-electron chi connectivity index (χ4n) is 1.95. The second kappa shape index (κ2) is 6.07. The minimum absolute atomic E-state index is 0.137. The number of carboxylic acid groups (broad SMARTS) is 1. The third-order valence-electron chi connectivity index (χ3n) is 3.01. The van der Waals surface area contributed by atoms with Gasteiger partial charge in [-0.1, -0.05) is 26.7 Å². The first-order valence-electron chi connectivity index (χ1n) is 6.31. The van der Waals surface area contributed by atoms with Crippen LogP contribution in [-0.4, -0.2) is 28.3 Å². The molecule has 0 unspecified atom stereocenters. The van der Waals surface area contributed by atoms with Gasteiger partial charge in [0.1, 0.15) is 11.1 Å². The molecule has 0 spiro atoms. The Morgan fingerprint density at radius 3 is 1.89 bits per heavy atom. The van der Waals surface area contributed by atoms with Crippen LogP contribution < -0.4 is 5.32 Å². The number of aliphatic carboxylic acids is 1. The Morgan fingerprint density at radius 2 is 1.61 bits per heavy atom. The molecule has 0 heterocycles. The van der Waals surface area contributed by atoms with Gasteiger partial charge >= 0.3 is 12.1 Å². The van der Waals surface area contributed by atoms with Crippen LogP contribution in [0.15, 0.2) is 0 Å². The first kappa shape index (κ1) is 16.7. The van der Waals surface area contributed by atoms with Crippen molar-refractivity contribution < 1.29 is 19.4 Å². The molecule has 2 N–H and O–H groups in total. The van der Waals surface area contributed by atoms with Crippen molar-refractivity contribution in [2.75, 3.05) is 0 Å². The Kier molecular flexibility index (Phi) is 5.64. The molecular formula is C13H25NO4. The number of alkyl carbamates (subject to hydrolysis) is 1. The minimum atomic E-state index is -1.30. The Labute approximate surface area is 109 Å². The van der Waals surface area contributed by atoms with Gasteiger partial charge in [-0.2, -0.15) is 0 Å². The lowest BCUT2D eigenvalue weighted by Crippen LogP contribution is -2.57. The second-order valence-electron chi connectivity index (χ2n) is 5.65. The predicted octanol–water partition coefficient (Wildman–Crippen LogP) is 2.79. The van der Waals surface area contributed by atoms with E-state index >= 15 is 0 Å². The van der Waals surface area contributed by atoms with Crippen LogP contribution in [0.5, 0.6) is 0 Å². The van der Waals surface area contributed by atoms with Crippen LogP contribution in [0.25, 0.3) is 0 Å². The highest BCUT2D eigenvalue weighted by Crippen LogP contribution is 2.25. The Bertz CT molecular complexity index is 305. The molecule has 0 aliphatic heterocycles. The zero-order valence-electron chi connectivity index (χ0n) is 12.2. The topological polar surface area (TPSA) is 75.6 Å². The molecule has 0 bridgehead atoms. The second-order valence-corrected chi connectivity index (χ2v) is 5.65. The summed E-state index contributed by atoms with van der Waals surface area (Å²) in [6, 6.07) is 0. The van der Waals surface area contributed by atoms with E-state index < -0.39 is 23.2 Å². The Morgan fingerprint density at radius 1 is 1.17 bits per heavy atom. The maximum atomic E-state index is 11.7. The number of carboxylic acids is 1. The van der Waals surface area contributed by atoms with E-state index in [1.165, 1.54) is 6.92 Å². The Hall–Kier alpha value is -1.26. The van der Waals surface area contributed by atoms with Crippen molar-refractivity contribution in [2.24, 2.45) is 5.92 Å². The van der Waals surface area contributed by atoms with E-state index in [-0.39, 0.29) is 5.92 Å². The molecule has 1 atom stereocenters. The van der Waals surface area contributed by atoms with Crippen molar-refractivity contribution >= 4 is 12.1 Å². The third-order valence-corrected chi connectivity index (χ3v) is 3.01. The smallest absolute Gasteiger partial charge is 0.408 e. The summed E-state index contributed by atoms with van der Waals surface area (Å²) in [6.45, 7) is 10.6. The van der Waals surface area contributed by atoms with Gasteiger partial charge in [0.15, 0.2) is 0 Å². The average molecular weight is 259 g/mol. The fraction of sp³-hybridized carbons (Fsp3) is 0.846. The van der Waals surface area contributed by atoms with Crippen molar-refractivity contribution in [2.45, 2.75) is 65.5 Å². The van der Waals surface area contributed by atoms with E-state index in [4.69, 9.17) is 4.74 Å². The summed E-state index contributed by atoms with van der Waals surface area (Å²) in [7, 11) is 0. The van der Waals surface area contributed by atoms with Crippen molar-refractivity contribution in [3.63, 3.8) is 0 Å². The van der Waals surface area contributed by atoms with E-state index in [1.807, 2.05) is 13.8 Å². The minimum Gasteiger partial charge on any atom is -0.480 e. The average Bonchev–Trinajstić information content (AvgIpc) is 2.15. The standard InChI is InChI=1S/C13H25NO4/c1-7-9(8-2)13(6,10(15)16)14-11(17)18-12(3,4)5/h9H,7-8H2,1-6H3,(H,14,17)(H,15,16)/t13-/m0/s1. The SMILES string of the molecule is CCC(CC)[C@](C)(NC(=O)OC(C)(C)C)C(=O)O. The summed E-state index contributed by atoms with van der Waals surface area (Å²) >= 11 is 0. The highest BCUT2D eigenvalue weighted by atomic mass is 16.6. The lowest BCUT2D eigenvalue weighted by molar-refractivity contribution is -0.146. The molecule has 1 amide bonds. The van der Waals surface area contributed by atoms with Gasteiger partial charge < -0.3 is 15.2 Å². The molecule has 0 aliphatic carbocycles. The highest BCUT2D eigenvalue weighted by molar-refractivity contribution is 5.84. The van der Waals surface area contributed by atoms with Crippen LogP contribution in [0.4, 0.5) is 4.79 Å². The zero-order chi connectivity index (χ0) is 14.6. The van der Waals surface area contributed by atoms with E-state index in [2.05, 4.69) is 5.32 Å². The van der Waals surface area contributed by atoms with Crippen LogP contribution in [0.3, 0.4) is 0 Å². The van der Waals surface area contributed by atoms with Crippen LogP contribution in [0.2, 0.25) is 0 Å². The lowest BCUT2D eigenvalue weighted by Gasteiger charge is -2.34. The molecule has 0 fully saturated rings. The maximum absolute atomic E-state index is 11.7. The van der Waals surface area contributed by atoms with E-state index in [9.17, 15) is 14.7 Å². The van der Waals surface area contributed by atoms with E-state index in [0.29, 0.717) is 12.8 Å². The zero-order valence-corrected chi connectivity index (χ0v) is 12.2. The van der Waals surface area contributed by atoms with Gasteiger partial charge in [0, 0.05) is 0 Å². The number of carbonyl (C=O) groups is 2. The van der Waals surface area contributed by atoms with Crippen LogP contribution in [0, 0.1) is 5.92 Å². The van der Waals surface area contributed by atoms with Crippen molar-refractivity contribution in [1.29, 1.82) is 0 Å². The summed E-state index contributed by atoms with van der Waals surface area (Å²) in [5.74, 6) is -1.18. The number of hydrogen-bond donors (Lipinski definition) is 2. The molecule has 0 rings (SSSR count). The van der Waals surface area contributed by atoms with Crippen LogP contribution in [-0.2, 0) is 9.53 Å². The van der Waals surface area contributed by atoms with Crippen LogP contribution >= 0.6 is 0 Å². The molecule has 0 aromatic rings. The first-order chi connectivity index (χ1) is 8.06. The Balaban J connectivity index is 4.93. The monoisotopic (exact) mass is 259 g/mol. The first-order valence-corrected chi connectivity index (χ1v) is 6.31. The number of rotatable bonds is 5. The molecule has 5 nitrogen and oxygen atoms in total. The molecule has 0 saturated carbocycles. The lowest BCUT2D eigenvalue weighted by atomic mass is 9.82. The summed E-state index contributed by atoms with van der Waals surface area (Å²) in [5, 5.41) is 11.8. The number of ether oxygens (including phenoxy) is 1. The molecule has 0 aromatic carbocycles. The summed E-state index contributed by atoms with van der Waals surface area (Å²) in [6.07, 6.45) is 0.656. The quantitative estimate of drug-likeness (QED) is 0.796. The number of amides is 1. The molecule has 5 heteroatoms. The summed E-state index contributed by atoms with van der Waals surface area (Å²) in [5.41, 5.74) is -1.94. The van der Waals surface area contributed by atoms with Crippen molar-refractivity contribution in [1.82, 2.24) is 5.32 Å². The molecule has 0 aliphatic rings. The number of hydrogen-bond acceptors (Lipinski definition) is 3. The number of carbonyl (C=O) groups excluding carboxylic acids is 1. The maximum Gasteiger partial charge on any atom is 0.408 e. The fourth-order valence-corrected chi connectivity index (χ4v) is 1.95. The van der Waals surface area contributed by atoms with Gasteiger partial charge in [0.05, 0.1) is 0 Å². The normalized spacial score (nSPS) is 15.1. The van der Waals surface area contributed by atoms with Gasteiger partial charge in [0.25, 0.3) is 0 Å². The molecule has 0 radical (unpaired) electrons.